The Morgan fingerprint density at radius 3 is 2.75 bits per heavy atom. The molecule has 0 aromatic carbocycles. The second-order valence-electron chi connectivity index (χ2n) is 4.30. The summed E-state index contributed by atoms with van der Waals surface area (Å²) in [5.74, 6) is 0. The average molecular weight is 339 g/mol. The number of hydrogen-bond donors (Lipinski definition) is 0. The third kappa shape index (κ3) is 2.71. The highest BCUT2D eigenvalue weighted by molar-refractivity contribution is 7.91. The number of hydrogen-bond acceptors (Lipinski definition) is 6. The summed E-state index contributed by atoms with van der Waals surface area (Å²) in [5, 5.41) is 10.7. The van der Waals surface area contributed by atoms with Crippen molar-refractivity contribution in [2.24, 2.45) is 0 Å². The van der Waals surface area contributed by atoms with Crippen LogP contribution < -0.4 is 0 Å². The van der Waals surface area contributed by atoms with Gasteiger partial charge in [-0.2, -0.15) is 4.31 Å². The Hall–Kier alpha value is -1.03. The van der Waals surface area contributed by atoms with Crippen molar-refractivity contribution in [1.29, 1.82) is 0 Å². The lowest BCUT2D eigenvalue weighted by atomic mass is 10.1. The van der Waals surface area contributed by atoms with Gasteiger partial charge in [-0.25, -0.2) is 8.42 Å². The maximum atomic E-state index is 12.4. The van der Waals surface area contributed by atoms with Gasteiger partial charge >= 0.3 is 0 Å². The molecule has 20 heavy (non-hydrogen) atoms. The van der Waals surface area contributed by atoms with E-state index in [0.717, 1.165) is 16.8 Å². The maximum Gasteiger partial charge on any atom is 0.300 e. The number of aldehydes is 1. The number of rotatable bonds is 4. The highest BCUT2D eigenvalue weighted by Crippen LogP contribution is 2.38. The number of thiophene rings is 1. The molecular formula is C10H11ClN2O5S2. The molecule has 0 aliphatic carbocycles. The molecule has 10 heteroatoms. The normalized spacial score (nSPS) is 20.8. The minimum atomic E-state index is -3.93. The van der Waals surface area contributed by atoms with Gasteiger partial charge < -0.3 is 4.79 Å². The molecule has 1 unspecified atom stereocenters. The number of carbonyl (C=O) groups is 1. The highest BCUT2D eigenvalue weighted by Gasteiger charge is 2.36. The van der Waals surface area contributed by atoms with E-state index in [0.29, 0.717) is 30.5 Å². The first-order chi connectivity index (χ1) is 9.37. The Morgan fingerprint density at radius 1 is 1.50 bits per heavy atom. The van der Waals surface area contributed by atoms with E-state index in [-0.39, 0.29) is 15.1 Å². The molecule has 0 saturated carbocycles. The molecule has 0 spiro atoms. The Balaban J connectivity index is 2.41. The van der Waals surface area contributed by atoms with Gasteiger partial charge in [0.2, 0.25) is 0 Å². The molecule has 1 fully saturated rings. The van der Waals surface area contributed by atoms with Crippen LogP contribution in [0.2, 0.25) is 4.34 Å². The molecule has 0 radical (unpaired) electrons. The van der Waals surface area contributed by atoms with E-state index in [1.54, 1.807) is 0 Å². The Morgan fingerprint density at radius 2 is 2.20 bits per heavy atom. The monoisotopic (exact) mass is 338 g/mol. The molecule has 1 atom stereocenters. The van der Waals surface area contributed by atoms with E-state index in [1.807, 2.05) is 0 Å². The minimum absolute atomic E-state index is 0.187. The molecule has 2 heterocycles. The van der Waals surface area contributed by atoms with Crippen molar-refractivity contribution < 1.29 is 18.1 Å². The van der Waals surface area contributed by atoms with E-state index < -0.39 is 26.7 Å². The molecule has 0 N–H and O–H groups in total. The van der Waals surface area contributed by atoms with Crippen LogP contribution in [0.5, 0.6) is 0 Å². The van der Waals surface area contributed by atoms with E-state index >= 15 is 0 Å². The molecular weight excluding hydrogens is 328 g/mol. The van der Waals surface area contributed by atoms with Crippen LogP contribution in [0.25, 0.3) is 0 Å². The van der Waals surface area contributed by atoms with Crippen molar-refractivity contribution in [2.75, 3.05) is 6.54 Å². The summed E-state index contributed by atoms with van der Waals surface area (Å²) in [6.07, 6.45) is 2.50. The van der Waals surface area contributed by atoms with Crippen LogP contribution in [-0.4, -0.2) is 36.5 Å². The predicted molar refractivity (Wildman–Crippen MR) is 73.6 cm³/mol. The lowest BCUT2D eigenvalue weighted by molar-refractivity contribution is -0.384. The van der Waals surface area contributed by atoms with Crippen LogP contribution >= 0.6 is 22.9 Å². The number of nitrogens with zero attached hydrogens (tertiary/aromatic N) is 2. The summed E-state index contributed by atoms with van der Waals surface area (Å²) >= 11 is 6.31. The fourth-order valence-corrected chi connectivity index (χ4v) is 5.50. The van der Waals surface area contributed by atoms with Gasteiger partial charge in [0.1, 0.15) is 10.5 Å². The summed E-state index contributed by atoms with van der Waals surface area (Å²) in [6, 6.07) is 0.229. The van der Waals surface area contributed by atoms with Gasteiger partial charge in [-0.1, -0.05) is 18.0 Å². The van der Waals surface area contributed by atoms with Gasteiger partial charge in [-0.15, -0.1) is 11.3 Å². The number of nitro groups is 1. The van der Waals surface area contributed by atoms with Gasteiger partial charge in [0.05, 0.1) is 11.0 Å². The fourth-order valence-electron chi connectivity index (χ4n) is 2.07. The van der Waals surface area contributed by atoms with Crippen LogP contribution in [0.1, 0.15) is 19.3 Å². The molecule has 2 rings (SSSR count). The number of halogens is 1. The SMILES string of the molecule is O=CC1CCCCN1S(=O)(=O)c1cc([N+](=O)[O-])c(Cl)s1. The number of piperidine rings is 1. The minimum Gasteiger partial charge on any atom is -0.302 e. The summed E-state index contributed by atoms with van der Waals surface area (Å²) in [7, 11) is -3.93. The van der Waals surface area contributed by atoms with Crippen LogP contribution in [0.4, 0.5) is 5.69 Å². The Labute approximate surface area is 124 Å². The molecule has 1 aromatic heterocycles. The van der Waals surface area contributed by atoms with Crippen molar-refractivity contribution in [3.63, 3.8) is 0 Å². The third-order valence-electron chi connectivity index (χ3n) is 3.06. The van der Waals surface area contributed by atoms with Gasteiger partial charge in [-0.05, 0) is 12.8 Å². The second kappa shape index (κ2) is 5.76. The first kappa shape index (κ1) is 15.4. The van der Waals surface area contributed by atoms with Crippen LogP contribution in [0.15, 0.2) is 10.3 Å². The van der Waals surface area contributed by atoms with Crippen molar-refractivity contribution in [1.82, 2.24) is 4.31 Å². The average Bonchev–Trinajstić information content (AvgIpc) is 2.81. The second-order valence-corrected chi connectivity index (χ2v) is 8.07. The zero-order chi connectivity index (χ0) is 14.9. The smallest absolute Gasteiger partial charge is 0.300 e. The number of carbonyl (C=O) groups excluding carboxylic acids is 1. The maximum absolute atomic E-state index is 12.4. The van der Waals surface area contributed by atoms with Crippen molar-refractivity contribution >= 4 is 44.9 Å². The standard InChI is InChI=1S/C10H11ClN2O5S2/c11-10-8(13(15)16)5-9(19-10)20(17,18)12-4-2-1-3-7(12)6-14/h5-7H,1-4H2. The molecule has 0 bridgehead atoms. The van der Waals surface area contributed by atoms with Gasteiger partial charge in [0.15, 0.2) is 4.34 Å². The third-order valence-corrected chi connectivity index (χ3v) is 6.77. The summed E-state index contributed by atoms with van der Waals surface area (Å²) in [4.78, 5) is 21.0. The van der Waals surface area contributed by atoms with Crippen molar-refractivity contribution in [3.8, 4) is 0 Å². The zero-order valence-corrected chi connectivity index (χ0v) is 12.6. The van der Waals surface area contributed by atoms with E-state index in [2.05, 4.69) is 0 Å². The van der Waals surface area contributed by atoms with E-state index in [4.69, 9.17) is 11.6 Å². The highest BCUT2D eigenvalue weighted by atomic mass is 35.5. The summed E-state index contributed by atoms with van der Waals surface area (Å²) in [5.41, 5.74) is -0.435. The number of sulfonamides is 1. The molecule has 110 valence electrons. The summed E-state index contributed by atoms with van der Waals surface area (Å²) < 4.78 is 25.6. The quantitative estimate of drug-likeness (QED) is 0.475. The predicted octanol–water partition coefficient (Wildman–Crippen LogP) is 2.05. The Bertz CT molecular complexity index is 642. The lowest BCUT2D eigenvalue weighted by Gasteiger charge is -2.30. The van der Waals surface area contributed by atoms with E-state index in [1.165, 1.54) is 0 Å². The van der Waals surface area contributed by atoms with Crippen LogP contribution in [0.3, 0.4) is 0 Å². The molecule has 1 aromatic rings. The molecule has 1 aliphatic rings. The Kier molecular flexibility index (Phi) is 4.43. The largest absolute Gasteiger partial charge is 0.302 e. The topological polar surface area (TPSA) is 97.6 Å². The van der Waals surface area contributed by atoms with Gasteiger partial charge in [0, 0.05) is 12.6 Å². The van der Waals surface area contributed by atoms with Crippen LogP contribution in [0, 0.1) is 10.1 Å². The zero-order valence-electron chi connectivity index (χ0n) is 10.2. The van der Waals surface area contributed by atoms with Gasteiger partial charge in [0.25, 0.3) is 15.7 Å². The lowest BCUT2D eigenvalue weighted by Crippen LogP contribution is -2.44. The first-order valence-corrected chi connectivity index (χ1v) is 8.42. The molecule has 1 aliphatic heterocycles. The molecule has 1 saturated heterocycles. The van der Waals surface area contributed by atoms with Gasteiger partial charge in [-0.3, -0.25) is 10.1 Å². The van der Waals surface area contributed by atoms with Crippen molar-refractivity contribution in [2.45, 2.75) is 29.5 Å². The first-order valence-electron chi connectivity index (χ1n) is 5.79. The van der Waals surface area contributed by atoms with E-state index in [9.17, 15) is 23.3 Å². The molecule has 0 amide bonds. The van der Waals surface area contributed by atoms with Crippen molar-refractivity contribution in [3.05, 3.63) is 20.5 Å². The van der Waals surface area contributed by atoms with Crippen LogP contribution in [-0.2, 0) is 14.8 Å². The fraction of sp³-hybridized carbons (Fsp3) is 0.500. The summed E-state index contributed by atoms with van der Waals surface area (Å²) in [6.45, 7) is 0.231. The molecule has 7 nitrogen and oxygen atoms in total.